The fourth-order valence-corrected chi connectivity index (χ4v) is 4.41. The van der Waals surface area contributed by atoms with E-state index in [1.54, 1.807) is 0 Å². The molecule has 1 fully saturated rings. The number of nitrogens with zero attached hydrogens (tertiary/aromatic N) is 3. The van der Waals surface area contributed by atoms with Crippen molar-refractivity contribution < 1.29 is 22.7 Å². The molecule has 0 aromatic heterocycles. The quantitative estimate of drug-likeness (QED) is 0.831. The minimum Gasteiger partial charge on any atom is -0.490 e. The van der Waals surface area contributed by atoms with Crippen molar-refractivity contribution in [3.63, 3.8) is 0 Å². The lowest BCUT2D eigenvalue weighted by Crippen LogP contribution is -2.42. The average molecular weight is 398 g/mol. The van der Waals surface area contributed by atoms with Crippen LogP contribution in [0, 0.1) is 0 Å². The largest absolute Gasteiger partial charge is 0.490 e. The van der Waals surface area contributed by atoms with Crippen LogP contribution in [0.25, 0.3) is 0 Å². The lowest BCUT2D eigenvalue weighted by Gasteiger charge is -2.33. The number of carbonyl (C=O) groups is 1. The summed E-state index contributed by atoms with van der Waals surface area (Å²) in [5, 5.41) is 2.98. The first-order valence-corrected chi connectivity index (χ1v) is 9.44. The van der Waals surface area contributed by atoms with E-state index in [0.29, 0.717) is 25.9 Å². The van der Waals surface area contributed by atoms with Crippen molar-refractivity contribution in [3.8, 4) is 5.75 Å². The zero-order valence-corrected chi connectivity index (χ0v) is 15.0. The van der Waals surface area contributed by atoms with Gasteiger partial charge in [-0.15, -0.1) is 0 Å². The van der Waals surface area contributed by atoms with E-state index in [0.717, 1.165) is 11.2 Å². The molecule has 27 heavy (non-hydrogen) atoms. The predicted molar refractivity (Wildman–Crippen MR) is 95.9 cm³/mol. The molecule has 2 unspecified atom stereocenters. The molecule has 1 aromatic rings. The maximum Gasteiger partial charge on any atom is 0.419 e. The topological polar surface area (TPSA) is 66.3 Å². The molecule has 0 saturated carbocycles. The molecule has 4 rings (SSSR count). The molecule has 0 aliphatic carbocycles. The number of hydrogen-bond donors (Lipinski definition) is 1. The van der Waals surface area contributed by atoms with Crippen molar-refractivity contribution in [2.24, 2.45) is 9.98 Å². The molecule has 10 heteroatoms. The van der Waals surface area contributed by atoms with Crippen molar-refractivity contribution in [2.75, 3.05) is 13.1 Å². The van der Waals surface area contributed by atoms with Crippen LogP contribution in [0.3, 0.4) is 0 Å². The monoisotopic (exact) mass is 398 g/mol. The number of alkyl halides is 3. The van der Waals surface area contributed by atoms with E-state index in [2.05, 4.69) is 15.3 Å². The van der Waals surface area contributed by atoms with Gasteiger partial charge in [0.05, 0.1) is 11.9 Å². The Kier molecular flexibility index (Phi) is 4.75. The Balaban J connectivity index is 1.37. The Hall–Kier alpha value is -2.23. The van der Waals surface area contributed by atoms with Gasteiger partial charge in [-0.25, -0.2) is 9.98 Å². The first-order valence-electron chi connectivity index (χ1n) is 8.56. The van der Waals surface area contributed by atoms with Crippen LogP contribution in [0.2, 0.25) is 0 Å². The van der Waals surface area contributed by atoms with Gasteiger partial charge in [0.2, 0.25) is 5.91 Å². The first-order chi connectivity index (χ1) is 12.9. The van der Waals surface area contributed by atoms with Gasteiger partial charge >= 0.3 is 6.18 Å². The Bertz CT molecular complexity index is 791. The van der Waals surface area contributed by atoms with Crippen LogP contribution >= 0.6 is 11.8 Å². The van der Waals surface area contributed by atoms with Crippen molar-refractivity contribution in [1.29, 1.82) is 0 Å². The van der Waals surface area contributed by atoms with Crippen LogP contribution in [0.15, 0.2) is 34.3 Å². The van der Waals surface area contributed by atoms with Gasteiger partial charge in [0.15, 0.2) is 11.3 Å². The summed E-state index contributed by atoms with van der Waals surface area (Å²) in [6, 6.07) is 5.28. The highest BCUT2D eigenvalue weighted by atomic mass is 32.2. The van der Waals surface area contributed by atoms with Crippen molar-refractivity contribution >= 4 is 29.2 Å². The highest BCUT2D eigenvalue weighted by Crippen LogP contribution is 2.37. The molecule has 3 aliphatic heterocycles. The van der Waals surface area contributed by atoms with Gasteiger partial charge in [-0.05, 0) is 12.1 Å². The van der Waals surface area contributed by atoms with Crippen LogP contribution < -0.4 is 10.1 Å². The van der Waals surface area contributed by atoms with Crippen molar-refractivity contribution in [1.82, 2.24) is 10.2 Å². The molecule has 0 bridgehead atoms. The van der Waals surface area contributed by atoms with Crippen molar-refractivity contribution in [3.05, 3.63) is 29.8 Å². The number of para-hydroxylation sites is 1. The molecule has 1 N–H and O–H groups in total. The number of nitrogens with one attached hydrogen (secondary N) is 1. The number of piperidine rings is 1. The summed E-state index contributed by atoms with van der Waals surface area (Å²) in [5.74, 6) is -0.242. The Morgan fingerprint density at radius 3 is 2.67 bits per heavy atom. The third-order valence-corrected chi connectivity index (χ3v) is 5.92. The molecular formula is C17H17F3N4O2S. The summed E-state index contributed by atoms with van der Waals surface area (Å²) in [6.07, 6.45) is -2.60. The van der Waals surface area contributed by atoms with E-state index in [4.69, 9.17) is 4.74 Å². The first kappa shape index (κ1) is 18.1. The molecule has 1 saturated heterocycles. The summed E-state index contributed by atoms with van der Waals surface area (Å²) in [6.45, 7) is 1.21. The standard InChI is InChI=1S/C17H17F3N4O2S/c18-17(19,20)11-3-1-2-4-12(11)26-10-5-7-24(8-6-10)16-23-14-13(27-16)15(25)22-9-21-14/h1-4,9-10,13-14H,5-8H2,(H,21,22,25). The number of thioether (sulfide) groups is 1. The molecule has 0 spiro atoms. The van der Waals surface area contributed by atoms with Crippen molar-refractivity contribution in [2.45, 2.75) is 36.5 Å². The maximum absolute atomic E-state index is 13.1. The molecule has 3 aliphatic rings. The number of halogens is 3. The maximum atomic E-state index is 13.1. The number of carbonyl (C=O) groups excluding carboxylic acids is 1. The van der Waals surface area contributed by atoms with Crippen LogP contribution in [-0.2, 0) is 11.0 Å². The van der Waals surface area contributed by atoms with E-state index in [1.807, 2.05) is 4.90 Å². The summed E-state index contributed by atoms with van der Waals surface area (Å²) in [7, 11) is 0. The van der Waals surface area contributed by atoms with Gasteiger partial charge in [-0.1, -0.05) is 23.9 Å². The third kappa shape index (κ3) is 3.76. The molecule has 1 aromatic carbocycles. The second-order valence-corrected chi connectivity index (χ2v) is 7.56. The van der Waals surface area contributed by atoms with Gasteiger partial charge < -0.3 is 15.0 Å². The normalized spacial score (nSPS) is 25.8. The zero-order chi connectivity index (χ0) is 19.0. The smallest absolute Gasteiger partial charge is 0.419 e. The van der Waals surface area contributed by atoms with E-state index in [-0.39, 0.29) is 23.0 Å². The number of fused-ring (bicyclic) bond motifs is 1. The lowest BCUT2D eigenvalue weighted by molar-refractivity contribution is -0.139. The lowest BCUT2D eigenvalue weighted by atomic mass is 10.1. The van der Waals surface area contributed by atoms with Gasteiger partial charge in [-0.2, -0.15) is 13.2 Å². The fraction of sp³-hybridized carbons (Fsp3) is 0.471. The van der Waals surface area contributed by atoms with E-state index < -0.39 is 17.9 Å². The van der Waals surface area contributed by atoms with Crippen LogP contribution in [0.5, 0.6) is 5.75 Å². The third-order valence-electron chi connectivity index (χ3n) is 4.64. The minimum atomic E-state index is -4.44. The number of benzene rings is 1. The summed E-state index contributed by atoms with van der Waals surface area (Å²) < 4.78 is 44.9. The zero-order valence-electron chi connectivity index (χ0n) is 14.1. The number of ether oxygens (including phenoxy) is 1. The molecule has 0 radical (unpaired) electrons. The SMILES string of the molecule is O=C1NC=NC2N=C(N3CCC(Oc4ccccc4C(F)(F)F)CC3)SC12. The molecule has 3 heterocycles. The fourth-order valence-electron chi connectivity index (χ4n) is 3.25. The minimum absolute atomic E-state index is 0.110. The van der Waals surface area contributed by atoms with E-state index in [9.17, 15) is 18.0 Å². The molecule has 2 atom stereocenters. The number of amides is 1. The predicted octanol–water partition coefficient (Wildman–Crippen LogP) is 2.50. The van der Waals surface area contributed by atoms with Gasteiger partial charge in [0.25, 0.3) is 0 Å². The molecule has 144 valence electrons. The van der Waals surface area contributed by atoms with Crippen LogP contribution in [0.4, 0.5) is 13.2 Å². The summed E-state index contributed by atoms with van der Waals surface area (Å²) in [5.41, 5.74) is -0.754. The van der Waals surface area contributed by atoms with Gasteiger partial charge in [0.1, 0.15) is 17.1 Å². The number of amidine groups is 1. The van der Waals surface area contributed by atoms with Crippen LogP contribution in [-0.4, -0.2) is 52.9 Å². The molecular weight excluding hydrogens is 381 g/mol. The Morgan fingerprint density at radius 1 is 1.22 bits per heavy atom. The number of hydrogen-bond acceptors (Lipinski definition) is 6. The summed E-state index contributed by atoms with van der Waals surface area (Å²) in [4.78, 5) is 22.6. The van der Waals surface area contributed by atoms with Gasteiger partial charge in [-0.3, -0.25) is 4.79 Å². The van der Waals surface area contributed by atoms with Gasteiger partial charge in [0, 0.05) is 25.9 Å². The average Bonchev–Trinajstić information content (AvgIpc) is 3.08. The highest BCUT2D eigenvalue weighted by molar-refractivity contribution is 8.15. The number of rotatable bonds is 2. The Labute approximate surface area is 157 Å². The highest BCUT2D eigenvalue weighted by Gasteiger charge is 2.40. The molecule has 6 nitrogen and oxygen atoms in total. The second kappa shape index (κ2) is 7.06. The summed E-state index contributed by atoms with van der Waals surface area (Å²) >= 11 is 1.38. The van der Waals surface area contributed by atoms with E-state index in [1.165, 1.54) is 36.3 Å². The second-order valence-electron chi connectivity index (χ2n) is 6.45. The van der Waals surface area contributed by atoms with Crippen LogP contribution in [0.1, 0.15) is 18.4 Å². The number of aliphatic imine (C=N–C) groups is 2. The Morgan fingerprint density at radius 2 is 1.96 bits per heavy atom. The van der Waals surface area contributed by atoms with E-state index >= 15 is 0 Å². The number of likely N-dealkylation sites (tertiary alicyclic amines) is 1. The molecule has 1 amide bonds.